The number of phenolic OH excluding ortho intramolecular Hbond substituents is 2. The average Bonchev–Trinajstić information content (AvgIpc) is 2.50. The minimum absolute atomic E-state index is 0.151. The molecular weight excluding hydrogens is 268 g/mol. The standard InChI is InChI=1S/C17H18O4/c18-11-17(21)16(13-4-8-15(20)9-5-13)10-3-12-1-6-14(19)7-2-12/h1-10,16-21H,11H2/b10-3+/t16-,17+/m1/s1. The highest BCUT2D eigenvalue weighted by atomic mass is 16.3. The van der Waals surface area contributed by atoms with Crippen molar-refractivity contribution in [2.24, 2.45) is 0 Å². The minimum Gasteiger partial charge on any atom is -0.508 e. The van der Waals surface area contributed by atoms with Crippen molar-refractivity contribution in [1.29, 1.82) is 0 Å². The van der Waals surface area contributed by atoms with Crippen molar-refractivity contribution < 1.29 is 20.4 Å². The number of hydrogen-bond donors (Lipinski definition) is 4. The van der Waals surface area contributed by atoms with E-state index in [4.69, 9.17) is 0 Å². The van der Waals surface area contributed by atoms with Gasteiger partial charge in [0.15, 0.2) is 0 Å². The fraction of sp³-hybridized carbons (Fsp3) is 0.176. The topological polar surface area (TPSA) is 80.9 Å². The van der Waals surface area contributed by atoms with Crippen molar-refractivity contribution >= 4 is 6.08 Å². The molecule has 0 aromatic heterocycles. The fourth-order valence-corrected chi connectivity index (χ4v) is 2.07. The second kappa shape index (κ2) is 6.92. The first kappa shape index (κ1) is 15.1. The Balaban J connectivity index is 2.24. The van der Waals surface area contributed by atoms with Crippen LogP contribution >= 0.6 is 0 Å². The van der Waals surface area contributed by atoms with Crippen LogP contribution in [0.1, 0.15) is 17.0 Å². The van der Waals surface area contributed by atoms with Gasteiger partial charge in [0.2, 0.25) is 0 Å². The fourth-order valence-electron chi connectivity index (χ4n) is 2.07. The molecule has 0 heterocycles. The van der Waals surface area contributed by atoms with Crippen molar-refractivity contribution in [3.8, 4) is 11.5 Å². The number of rotatable bonds is 5. The molecule has 0 aliphatic heterocycles. The molecule has 0 unspecified atom stereocenters. The summed E-state index contributed by atoms with van der Waals surface area (Å²) in [5, 5.41) is 37.7. The molecule has 0 saturated heterocycles. The maximum Gasteiger partial charge on any atom is 0.115 e. The smallest absolute Gasteiger partial charge is 0.115 e. The molecule has 0 bridgehead atoms. The molecule has 21 heavy (non-hydrogen) atoms. The molecule has 0 saturated carbocycles. The Morgan fingerprint density at radius 3 is 1.90 bits per heavy atom. The van der Waals surface area contributed by atoms with Crippen LogP contribution in [0, 0.1) is 0 Å². The summed E-state index contributed by atoms with van der Waals surface area (Å²) in [4.78, 5) is 0. The molecule has 0 aliphatic rings. The average molecular weight is 286 g/mol. The summed E-state index contributed by atoms with van der Waals surface area (Å²) in [5.41, 5.74) is 1.67. The van der Waals surface area contributed by atoms with E-state index >= 15 is 0 Å². The summed E-state index contributed by atoms with van der Waals surface area (Å²) in [7, 11) is 0. The van der Waals surface area contributed by atoms with E-state index in [0.29, 0.717) is 0 Å². The molecule has 4 N–H and O–H groups in total. The van der Waals surface area contributed by atoms with Gasteiger partial charge in [0.25, 0.3) is 0 Å². The lowest BCUT2D eigenvalue weighted by molar-refractivity contribution is 0.0842. The van der Waals surface area contributed by atoms with Crippen LogP contribution in [0.15, 0.2) is 54.6 Å². The van der Waals surface area contributed by atoms with Gasteiger partial charge in [-0.05, 0) is 35.4 Å². The number of aliphatic hydroxyl groups excluding tert-OH is 2. The predicted octanol–water partition coefficient (Wildman–Crippen LogP) is 2.25. The summed E-state index contributed by atoms with van der Waals surface area (Å²) < 4.78 is 0. The SMILES string of the molecule is OC[C@H](O)[C@H](/C=C/c1ccc(O)cc1)c1ccc(O)cc1. The van der Waals surface area contributed by atoms with Crippen LogP contribution in [0.3, 0.4) is 0 Å². The van der Waals surface area contributed by atoms with Gasteiger partial charge in [-0.25, -0.2) is 0 Å². The number of phenols is 2. The Hall–Kier alpha value is -2.30. The van der Waals surface area contributed by atoms with Crippen LogP contribution in [0.25, 0.3) is 6.08 Å². The summed E-state index contributed by atoms with van der Waals surface area (Å²) in [5.74, 6) is -0.0412. The van der Waals surface area contributed by atoms with Gasteiger partial charge in [-0.1, -0.05) is 36.4 Å². The normalized spacial score (nSPS) is 14.2. The predicted molar refractivity (Wildman–Crippen MR) is 81.1 cm³/mol. The zero-order chi connectivity index (χ0) is 15.2. The van der Waals surface area contributed by atoms with E-state index < -0.39 is 6.10 Å². The Labute approximate surface area is 123 Å². The molecule has 4 nitrogen and oxygen atoms in total. The zero-order valence-electron chi connectivity index (χ0n) is 11.4. The van der Waals surface area contributed by atoms with Gasteiger partial charge in [-0.2, -0.15) is 0 Å². The third-order valence-electron chi connectivity index (χ3n) is 3.27. The minimum atomic E-state index is -0.928. The van der Waals surface area contributed by atoms with Gasteiger partial charge in [-0.3, -0.25) is 0 Å². The summed E-state index contributed by atoms with van der Waals surface area (Å²) in [6, 6.07) is 13.2. The first-order valence-electron chi connectivity index (χ1n) is 6.65. The van der Waals surface area contributed by atoms with Crippen LogP contribution < -0.4 is 0 Å². The lowest BCUT2D eigenvalue weighted by Crippen LogP contribution is -2.20. The van der Waals surface area contributed by atoms with Crippen molar-refractivity contribution in [3.05, 3.63) is 65.7 Å². The second-order valence-electron chi connectivity index (χ2n) is 4.82. The summed E-state index contributed by atoms with van der Waals surface area (Å²) in [6.07, 6.45) is 2.68. The summed E-state index contributed by atoms with van der Waals surface area (Å²) in [6.45, 7) is -0.356. The molecule has 0 fully saturated rings. The zero-order valence-corrected chi connectivity index (χ0v) is 11.4. The highest BCUT2D eigenvalue weighted by molar-refractivity contribution is 5.52. The lowest BCUT2D eigenvalue weighted by atomic mass is 9.92. The van der Waals surface area contributed by atoms with Gasteiger partial charge < -0.3 is 20.4 Å². The molecule has 0 spiro atoms. The molecule has 4 heteroatoms. The van der Waals surface area contributed by atoms with Crippen LogP contribution in [-0.2, 0) is 0 Å². The molecule has 2 rings (SSSR count). The summed E-state index contributed by atoms with van der Waals surface area (Å²) >= 11 is 0. The van der Waals surface area contributed by atoms with Crippen LogP contribution in [-0.4, -0.2) is 33.1 Å². The second-order valence-corrected chi connectivity index (χ2v) is 4.82. The van der Waals surface area contributed by atoms with Crippen molar-refractivity contribution in [2.75, 3.05) is 6.61 Å². The molecule has 110 valence electrons. The number of hydrogen-bond acceptors (Lipinski definition) is 4. The molecule has 2 atom stereocenters. The van der Waals surface area contributed by atoms with E-state index in [2.05, 4.69) is 0 Å². The van der Waals surface area contributed by atoms with E-state index in [0.717, 1.165) is 11.1 Å². The van der Waals surface area contributed by atoms with Crippen LogP contribution in [0.5, 0.6) is 11.5 Å². The monoisotopic (exact) mass is 286 g/mol. The Bertz CT molecular complexity index is 587. The molecule has 2 aromatic rings. The lowest BCUT2D eigenvalue weighted by Gasteiger charge is -2.18. The quantitative estimate of drug-likeness (QED) is 0.679. The van der Waals surface area contributed by atoms with Crippen molar-refractivity contribution in [1.82, 2.24) is 0 Å². The number of benzene rings is 2. The molecule has 0 radical (unpaired) electrons. The van der Waals surface area contributed by atoms with Crippen LogP contribution in [0.4, 0.5) is 0 Å². The molecule has 2 aromatic carbocycles. The third kappa shape index (κ3) is 4.08. The van der Waals surface area contributed by atoms with Gasteiger partial charge in [0, 0.05) is 5.92 Å². The Kier molecular flexibility index (Phi) is 4.98. The van der Waals surface area contributed by atoms with E-state index in [1.54, 1.807) is 54.6 Å². The molecule has 0 aliphatic carbocycles. The third-order valence-corrected chi connectivity index (χ3v) is 3.27. The maximum absolute atomic E-state index is 9.96. The van der Waals surface area contributed by atoms with E-state index in [9.17, 15) is 20.4 Å². The van der Waals surface area contributed by atoms with Crippen LogP contribution in [0.2, 0.25) is 0 Å². The van der Waals surface area contributed by atoms with Gasteiger partial charge in [0.05, 0.1) is 12.7 Å². The Morgan fingerprint density at radius 2 is 1.38 bits per heavy atom. The number of aliphatic hydroxyl groups is 2. The van der Waals surface area contributed by atoms with Gasteiger partial charge in [0.1, 0.15) is 11.5 Å². The van der Waals surface area contributed by atoms with E-state index in [1.165, 1.54) is 0 Å². The molecular formula is C17H18O4. The van der Waals surface area contributed by atoms with Gasteiger partial charge in [-0.15, -0.1) is 0 Å². The highest BCUT2D eigenvalue weighted by Gasteiger charge is 2.17. The largest absolute Gasteiger partial charge is 0.508 e. The maximum atomic E-state index is 9.96. The number of aromatic hydroxyl groups is 2. The first-order valence-corrected chi connectivity index (χ1v) is 6.65. The van der Waals surface area contributed by atoms with E-state index in [1.807, 2.05) is 6.08 Å². The highest BCUT2D eigenvalue weighted by Crippen LogP contribution is 2.25. The van der Waals surface area contributed by atoms with Gasteiger partial charge >= 0.3 is 0 Å². The van der Waals surface area contributed by atoms with Crippen molar-refractivity contribution in [3.63, 3.8) is 0 Å². The Morgan fingerprint density at radius 1 is 0.857 bits per heavy atom. The van der Waals surface area contributed by atoms with E-state index in [-0.39, 0.29) is 24.0 Å². The molecule has 0 amide bonds. The van der Waals surface area contributed by atoms with Crippen molar-refractivity contribution in [2.45, 2.75) is 12.0 Å². The first-order chi connectivity index (χ1) is 10.1.